The maximum Gasteiger partial charge on any atom is 0.241 e. The minimum atomic E-state index is -0.0248. The Morgan fingerprint density at radius 3 is 2.63 bits per heavy atom. The number of nitrogens with one attached hydrogen (secondary N) is 2. The lowest BCUT2D eigenvalue weighted by Crippen LogP contribution is -2.43. The predicted octanol–water partition coefficient (Wildman–Crippen LogP) is 1.11. The Morgan fingerprint density at radius 2 is 1.96 bits per heavy atom. The molecule has 0 unspecified atom stereocenters. The number of rotatable bonds is 8. The van der Waals surface area contributed by atoms with Gasteiger partial charge in [0, 0.05) is 41.2 Å². The van der Waals surface area contributed by atoms with E-state index in [9.17, 15) is 4.79 Å². The summed E-state index contributed by atoms with van der Waals surface area (Å²) in [6.07, 6.45) is 2.38. The molecule has 2 rings (SSSR count). The van der Waals surface area contributed by atoms with Crippen LogP contribution in [0, 0.1) is 0 Å². The van der Waals surface area contributed by atoms with Crippen molar-refractivity contribution in [2.45, 2.75) is 13.0 Å². The quantitative estimate of drug-likeness (QED) is 0.533. The van der Waals surface area contributed by atoms with Gasteiger partial charge in [-0.2, -0.15) is 0 Å². The molecular formula is C19H28N6O2. The minimum Gasteiger partial charge on any atom is -0.469 e. The second kappa shape index (κ2) is 10.2. The summed E-state index contributed by atoms with van der Waals surface area (Å²) in [5.41, 5.74) is 0.854. The van der Waals surface area contributed by atoms with E-state index in [0.717, 1.165) is 23.7 Å². The topological polar surface area (TPSA) is 86.0 Å². The summed E-state index contributed by atoms with van der Waals surface area (Å²) < 4.78 is 5.33. The summed E-state index contributed by atoms with van der Waals surface area (Å²) in [7, 11) is 7.35. The number of hydrogen-bond acceptors (Lipinski definition) is 5. The van der Waals surface area contributed by atoms with E-state index in [1.54, 1.807) is 20.4 Å². The average molecular weight is 372 g/mol. The second-order valence-corrected chi connectivity index (χ2v) is 6.44. The molecule has 0 radical (unpaired) electrons. The van der Waals surface area contributed by atoms with Gasteiger partial charge in [0.25, 0.3) is 0 Å². The lowest BCUT2D eigenvalue weighted by Gasteiger charge is -2.15. The fraction of sp³-hybridized carbons (Fsp3) is 0.421. The van der Waals surface area contributed by atoms with Crippen molar-refractivity contribution in [2.24, 2.45) is 4.99 Å². The number of amides is 1. The maximum absolute atomic E-state index is 11.8. The highest BCUT2D eigenvalue weighted by molar-refractivity contribution is 5.86. The van der Waals surface area contributed by atoms with Crippen LogP contribution in [0.1, 0.15) is 11.5 Å². The first-order valence-corrected chi connectivity index (χ1v) is 8.83. The summed E-state index contributed by atoms with van der Waals surface area (Å²) in [6.45, 7) is 1.22. The molecular weight excluding hydrogens is 344 g/mol. The van der Waals surface area contributed by atoms with Crippen LogP contribution >= 0.6 is 0 Å². The summed E-state index contributed by atoms with van der Waals surface area (Å²) in [5.74, 6) is 2.31. The molecule has 0 aliphatic rings. The molecule has 0 saturated heterocycles. The van der Waals surface area contributed by atoms with Crippen LogP contribution in [-0.2, 0) is 17.8 Å². The van der Waals surface area contributed by atoms with Gasteiger partial charge < -0.3 is 24.9 Å². The van der Waals surface area contributed by atoms with Gasteiger partial charge in [0.05, 0.1) is 25.0 Å². The molecule has 2 aromatic heterocycles. The monoisotopic (exact) mass is 372 g/mol. The molecule has 0 bridgehead atoms. The molecule has 1 amide bonds. The number of hydrogen-bond donors (Lipinski definition) is 2. The molecule has 2 N–H and O–H groups in total. The van der Waals surface area contributed by atoms with E-state index in [2.05, 4.69) is 20.6 Å². The van der Waals surface area contributed by atoms with Crippen molar-refractivity contribution in [1.29, 1.82) is 0 Å². The van der Waals surface area contributed by atoms with Crippen LogP contribution < -0.4 is 15.5 Å². The fourth-order valence-electron chi connectivity index (χ4n) is 2.21. The van der Waals surface area contributed by atoms with Gasteiger partial charge in [-0.3, -0.25) is 4.79 Å². The number of carbonyl (C=O) groups excluding carboxylic acids is 1. The highest BCUT2D eigenvalue weighted by Gasteiger charge is 2.07. The predicted molar refractivity (Wildman–Crippen MR) is 107 cm³/mol. The molecule has 0 spiro atoms. The van der Waals surface area contributed by atoms with Gasteiger partial charge in [0.2, 0.25) is 5.91 Å². The molecule has 0 saturated carbocycles. The highest BCUT2D eigenvalue weighted by Crippen LogP contribution is 2.08. The van der Waals surface area contributed by atoms with Crippen molar-refractivity contribution in [3.05, 3.63) is 48.0 Å². The van der Waals surface area contributed by atoms with Crippen molar-refractivity contribution >= 4 is 17.7 Å². The number of likely N-dealkylation sites (N-methyl/N-ethyl adjacent to an activating group) is 1. The number of guanidine groups is 1. The first-order chi connectivity index (χ1) is 13.0. The summed E-state index contributed by atoms with van der Waals surface area (Å²) in [6, 6.07) is 9.63. The van der Waals surface area contributed by atoms with E-state index in [-0.39, 0.29) is 12.5 Å². The van der Waals surface area contributed by atoms with Crippen LogP contribution in [0.3, 0.4) is 0 Å². The van der Waals surface area contributed by atoms with Crippen LogP contribution in [-0.4, -0.2) is 63.0 Å². The van der Waals surface area contributed by atoms with Crippen molar-refractivity contribution < 1.29 is 9.21 Å². The molecule has 0 atom stereocenters. The van der Waals surface area contributed by atoms with Gasteiger partial charge in [-0.1, -0.05) is 6.07 Å². The van der Waals surface area contributed by atoms with E-state index >= 15 is 0 Å². The Kier molecular flexibility index (Phi) is 7.66. The SMILES string of the molecule is CN(C)C(=O)CNC(=NCc1cccc(N(C)C)n1)NCCc1ccco1. The van der Waals surface area contributed by atoms with E-state index in [1.165, 1.54) is 4.90 Å². The van der Waals surface area contributed by atoms with E-state index in [0.29, 0.717) is 19.0 Å². The molecule has 0 aliphatic heterocycles. The number of nitrogens with zero attached hydrogens (tertiary/aromatic N) is 4. The average Bonchev–Trinajstić information content (AvgIpc) is 3.16. The van der Waals surface area contributed by atoms with Crippen molar-refractivity contribution in [3.63, 3.8) is 0 Å². The second-order valence-electron chi connectivity index (χ2n) is 6.44. The Morgan fingerprint density at radius 1 is 1.15 bits per heavy atom. The molecule has 0 aliphatic carbocycles. The zero-order chi connectivity index (χ0) is 19.6. The van der Waals surface area contributed by atoms with Crippen LogP contribution in [0.5, 0.6) is 0 Å². The van der Waals surface area contributed by atoms with Crippen LogP contribution in [0.4, 0.5) is 5.82 Å². The largest absolute Gasteiger partial charge is 0.469 e. The summed E-state index contributed by atoms with van der Waals surface area (Å²) in [4.78, 5) is 24.5. The highest BCUT2D eigenvalue weighted by atomic mass is 16.3. The number of pyridine rings is 1. The van der Waals surface area contributed by atoms with Crippen LogP contribution in [0.25, 0.3) is 0 Å². The third kappa shape index (κ3) is 7.01. The molecule has 146 valence electrons. The number of anilines is 1. The van der Waals surface area contributed by atoms with Crippen LogP contribution in [0.15, 0.2) is 46.0 Å². The molecule has 8 nitrogen and oxygen atoms in total. The van der Waals surface area contributed by atoms with E-state index in [4.69, 9.17) is 4.42 Å². The zero-order valence-corrected chi connectivity index (χ0v) is 16.4. The number of carbonyl (C=O) groups is 1. The Balaban J connectivity index is 1.99. The molecule has 2 heterocycles. The molecule has 2 aromatic rings. The van der Waals surface area contributed by atoms with Gasteiger partial charge in [0.1, 0.15) is 11.6 Å². The van der Waals surface area contributed by atoms with Crippen molar-refractivity contribution in [3.8, 4) is 0 Å². The zero-order valence-electron chi connectivity index (χ0n) is 16.4. The van der Waals surface area contributed by atoms with E-state index < -0.39 is 0 Å². The maximum atomic E-state index is 11.8. The first-order valence-electron chi connectivity index (χ1n) is 8.83. The number of aliphatic imine (C=N–C) groups is 1. The third-order valence-electron chi connectivity index (χ3n) is 3.80. The van der Waals surface area contributed by atoms with Gasteiger partial charge in [-0.05, 0) is 24.3 Å². The Bertz CT molecular complexity index is 740. The van der Waals surface area contributed by atoms with Crippen molar-refractivity contribution in [2.75, 3.05) is 46.2 Å². The summed E-state index contributed by atoms with van der Waals surface area (Å²) >= 11 is 0. The van der Waals surface area contributed by atoms with Gasteiger partial charge >= 0.3 is 0 Å². The van der Waals surface area contributed by atoms with Crippen LogP contribution in [0.2, 0.25) is 0 Å². The molecule has 8 heteroatoms. The lowest BCUT2D eigenvalue weighted by atomic mass is 10.3. The fourth-order valence-corrected chi connectivity index (χ4v) is 2.21. The normalized spacial score (nSPS) is 11.2. The smallest absolute Gasteiger partial charge is 0.241 e. The standard InChI is InChI=1S/C19H28N6O2/c1-24(2)17-9-5-7-15(23-17)13-21-19(22-14-18(26)25(3)4)20-11-10-16-8-6-12-27-16/h5-9,12H,10-11,13-14H2,1-4H3,(H2,20,21,22). The lowest BCUT2D eigenvalue weighted by molar-refractivity contribution is -0.127. The number of furan rings is 1. The molecule has 0 aromatic carbocycles. The first kappa shape index (κ1) is 20.3. The Hall–Kier alpha value is -3.03. The number of aromatic nitrogens is 1. The third-order valence-corrected chi connectivity index (χ3v) is 3.80. The summed E-state index contributed by atoms with van der Waals surface area (Å²) in [5, 5.41) is 6.30. The Labute approximate surface area is 160 Å². The van der Waals surface area contributed by atoms with Gasteiger partial charge in [-0.25, -0.2) is 9.98 Å². The molecule has 0 fully saturated rings. The van der Waals surface area contributed by atoms with E-state index in [1.807, 2.05) is 49.3 Å². The van der Waals surface area contributed by atoms with Gasteiger partial charge in [0.15, 0.2) is 5.96 Å². The minimum absolute atomic E-state index is 0.0248. The molecule has 27 heavy (non-hydrogen) atoms. The van der Waals surface area contributed by atoms with Crippen molar-refractivity contribution in [1.82, 2.24) is 20.5 Å². The van der Waals surface area contributed by atoms with Gasteiger partial charge in [-0.15, -0.1) is 0 Å².